The van der Waals surface area contributed by atoms with E-state index >= 15 is 0 Å². The van der Waals surface area contributed by atoms with E-state index in [1.807, 2.05) is 13.8 Å². The molecule has 0 bridgehead atoms. The third-order valence-corrected chi connectivity index (χ3v) is 2.61. The Balaban J connectivity index is 2.70. The molecular formula is C12H14ClNO4. The average molecular weight is 272 g/mol. The normalized spacial score (nSPS) is 10.4. The van der Waals surface area contributed by atoms with Crippen molar-refractivity contribution in [2.75, 3.05) is 6.61 Å². The van der Waals surface area contributed by atoms with Gasteiger partial charge in [-0.25, -0.2) is 4.79 Å². The minimum atomic E-state index is -0.601. The number of hydrogen-bond donors (Lipinski definition) is 0. The fraction of sp³-hybridized carbons (Fsp3) is 0.417. The third kappa shape index (κ3) is 4.00. The molecule has 0 spiro atoms. The number of nitro benzene ring substituents is 1. The molecule has 18 heavy (non-hydrogen) atoms. The smallest absolute Gasteiger partial charge is 0.338 e. The molecule has 0 saturated heterocycles. The Morgan fingerprint density at radius 2 is 2.17 bits per heavy atom. The fourth-order valence-electron chi connectivity index (χ4n) is 1.25. The molecule has 0 aromatic heterocycles. The van der Waals surface area contributed by atoms with Gasteiger partial charge in [-0.05, 0) is 24.5 Å². The Morgan fingerprint density at radius 3 is 2.67 bits per heavy atom. The number of nitro groups is 1. The maximum atomic E-state index is 11.6. The molecule has 1 aromatic carbocycles. The monoisotopic (exact) mass is 271 g/mol. The molecule has 0 aliphatic carbocycles. The van der Waals surface area contributed by atoms with Crippen LogP contribution in [0.25, 0.3) is 0 Å². The van der Waals surface area contributed by atoms with Crippen molar-refractivity contribution in [3.63, 3.8) is 0 Å². The lowest BCUT2D eigenvalue weighted by Crippen LogP contribution is -2.08. The number of carbonyl (C=O) groups is 1. The number of carbonyl (C=O) groups excluding carboxylic acids is 1. The van der Waals surface area contributed by atoms with Gasteiger partial charge in [0.1, 0.15) is 5.02 Å². The second kappa shape index (κ2) is 6.35. The Bertz CT molecular complexity index is 459. The van der Waals surface area contributed by atoms with E-state index in [4.69, 9.17) is 16.3 Å². The lowest BCUT2D eigenvalue weighted by Gasteiger charge is -2.06. The van der Waals surface area contributed by atoms with Gasteiger partial charge < -0.3 is 4.74 Å². The van der Waals surface area contributed by atoms with Crippen molar-refractivity contribution in [1.82, 2.24) is 0 Å². The molecular weight excluding hydrogens is 258 g/mol. The van der Waals surface area contributed by atoms with Gasteiger partial charge in [0.15, 0.2) is 0 Å². The molecule has 1 aromatic rings. The minimum Gasteiger partial charge on any atom is -0.462 e. The van der Waals surface area contributed by atoms with Gasteiger partial charge in [0.25, 0.3) is 5.69 Å². The van der Waals surface area contributed by atoms with Crippen LogP contribution in [0.4, 0.5) is 5.69 Å². The van der Waals surface area contributed by atoms with Crippen LogP contribution in [0.1, 0.15) is 30.6 Å². The number of benzene rings is 1. The van der Waals surface area contributed by atoms with E-state index in [1.54, 1.807) is 0 Å². The van der Waals surface area contributed by atoms with Crippen LogP contribution >= 0.6 is 11.6 Å². The Labute approximate surface area is 110 Å². The van der Waals surface area contributed by atoms with Crippen molar-refractivity contribution in [3.05, 3.63) is 38.9 Å². The highest BCUT2D eigenvalue weighted by molar-refractivity contribution is 6.33. The Kier molecular flexibility index (Phi) is 5.09. The van der Waals surface area contributed by atoms with E-state index in [9.17, 15) is 14.9 Å². The topological polar surface area (TPSA) is 69.4 Å². The summed E-state index contributed by atoms with van der Waals surface area (Å²) in [6, 6.07) is 3.78. The second-order valence-electron chi connectivity index (χ2n) is 4.24. The zero-order valence-corrected chi connectivity index (χ0v) is 10.9. The van der Waals surface area contributed by atoms with Crippen molar-refractivity contribution in [2.45, 2.75) is 20.3 Å². The number of esters is 1. The van der Waals surface area contributed by atoms with E-state index in [1.165, 1.54) is 18.2 Å². The van der Waals surface area contributed by atoms with E-state index in [0.717, 1.165) is 6.42 Å². The number of hydrogen-bond acceptors (Lipinski definition) is 4. The number of rotatable bonds is 5. The predicted molar refractivity (Wildman–Crippen MR) is 67.8 cm³/mol. The lowest BCUT2D eigenvalue weighted by atomic mass is 10.1. The van der Waals surface area contributed by atoms with Crippen LogP contribution in [0, 0.1) is 16.0 Å². The van der Waals surface area contributed by atoms with Crippen LogP contribution in [-0.2, 0) is 4.74 Å². The van der Waals surface area contributed by atoms with E-state index in [-0.39, 0.29) is 16.3 Å². The van der Waals surface area contributed by atoms with Gasteiger partial charge in [-0.1, -0.05) is 25.4 Å². The first-order chi connectivity index (χ1) is 8.41. The van der Waals surface area contributed by atoms with Crippen LogP contribution in [0.5, 0.6) is 0 Å². The first kappa shape index (κ1) is 14.4. The summed E-state index contributed by atoms with van der Waals surface area (Å²) in [7, 11) is 0. The van der Waals surface area contributed by atoms with Crippen molar-refractivity contribution in [1.29, 1.82) is 0 Å². The fourth-order valence-corrected chi connectivity index (χ4v) is 1.50. The molecule has 0 atom stereocenters. The van der Waals surface area contributed by atoms with Gasteiger partial charge in [0.05, 0.1) is 17.1 Å². The summed E-state index contributed by atoms with van der Waals surface area (Å²) < 4.78 is 5.03. The van der Waals surface area contributed by atoms with Crippen molar-refractivity contribution >= 4 is 23.3 Å². The molecule has 1 rings (SSSR count). The number of nitrogens with zero attached hydrogens (tertiary/aromatic N) is 1. The van der Waals surface area contributed by atoms with Gasteiger partial charge in [-0.3, -0.25) is 10.1 Å². The molecule has 0 unspecified atom stereocenters. The molecule has 0 heterocycles. The second-order valence-corrected chi connectivity index (χ2v) is 4.65. The molecule has 0 N–H and O–H groups in total. The van der Waals surface area contributed by atoms with E-state index < -0.39 is 10.9 Å². The zero-order chi connectivity index (χ0) is 13.7. The first-order valence-corrected chi connectivity index (χ1v) is 5.90. The summed E-state index contributed by atoms with van der Waals surface area (Å²) >= 11 is 5.70. The molecule has 0 radical (unpaired) electrons. The van der Waals surface area contributed by atoms with E-state index in [0.29, 0.717) is 12.5 Å². The zero-order valence-electron chi connectivity index (χ0n) is 10.2. The quantitative estimate of drug-likeness (QED) is 0.467. The SMILES string of the molecule is CC(C)CCOC(=O)c1ccc([N+](=O)[O-])c(Cl)c1. The van der Waals surface area contributed by atoms with Gasteiger partial charge >= 0.3 is 5.97 Å². The predicted octanol–water partition coefficient (Wildman–Crippen LogP) is 3.45. The summed E-state index contributed by atoms with van der Waals surface area (Å²) in [4.78, 5) is 21.6. The van der Waals surface area contributed by atoms with Crippen LogP contribution in [0.3, 0.4) is 0 Å². The molecule has 0 aliphatic heterocycles. The third-order valence-electron chi connectivity index (χ3n) is 2.31. The van der Waals surface area contributed by atoms with Crippen LogP contribution in [0.15, 0.2) is 18.2 Å². The highest BCUT2D eigenvalue weighted by Crippen LogP contribution is 2.25. The highest BCUT2D eigenvalue weighted by atomic mass is 35.5. The molecule has 6 heteroatoms. The minimum absolute atomic E-state index is 0.0710. The summed E-state index contributed by atoms with van der Waals surface area (Å²) in [6.45, 7) is 4.37. The first-order valence-electron chi connectivity index (χ1n) is 5.53. The van der Waals surface area contributed by atoms with Crippen molar-refractivity contribution in [3.8, 4) is 0 Å². The molecule has 0 aliphatic rings. The Morgan fingerprint density at radius 1 is 1.50 bits per heavy atom. The highest BCUT2D eigenvalue weighted by Gasteiger charge is 2.16. The summed E-state index contributed by atoms with van der Waals surface area (Å²) in [6.07, 6.45) is 0.770. The maximum Gasteiger partial charge on any atom is 0.338 e. The van der Waals surface area contributed by atoms with Crippen LogP contribution in [-0.4, -0.2) is 17.5 Å². The maximum absolute atomic E-state index is 11.6. The Hall–Kier alpha value is -1.62. The standard InChI is InChI=1S/C12H14ClNO4/c1-8(2)5-6-18-12(15)9-3-4-11(14(16)17)10(13)7-9/h3-4,7-8H,5-6H2,1-2H3. The molecule has 5 nitrogen and oxygen atoms in total. The van der Waals surface area contributed by atoms with Gasteiger partial charge in [-0.2, -0.15) is 0 Å². The largest absolute Gasteiger partial charge is 0.462 e. The van der Waals surface area contributed by atoms with Crippen LogP contribution in [0.2, 0.25) is 5.02 Å². The summed E-state index contributed by atoms with van der Waals surface area (Å²) in [5.74, 6) is -0.0781. The van der Waals surface area contributed by atoms with Gasteiger partial charge in [0, 0.05) is 6.07 Å². The number of halogens is 1. The molecule has 0 saturated carbocycles. The van der Waals surface area contributed by atoms with Crippen molar-refractivity contribution < 1.29 is 14.5 Å². The lowest BCUT2D eigenvalue weighted by molar-refractivity contribution is -0.384. The van der Waals surface area contributed by atoms with Gasteiger partial charge in [0.2, 0.25) is 0 Å². The van der Waals surface area contributed by atoms with Gasteiger partial charge in [-0.15, -0.1) is 0 Å². The number of ether oxygens (including phenoxy) is 1. The van der Waals surface area contributed by atoms with Crippen LogP contribution < -0.4 is 0 Å². The summed E-state index contributed by atoms with van der Waals surface area (Å²) in [5, 5.41) is 10.5. The average Bonchev–Trinajstić information content (AvgIpc) is 2.27. The molecule has 0 amide bonds. The summed E-state index contributed by atoms with van der Waals surface area (Å²) in [5.41, 5.74) is -0.00949. The molecule has 98 valence electrons. The van der Waals surface area contributed by atoms with E-state index in [2.05, 4.69) is 0 Å². The molecule has 0 fully saturated rings. The van der Waals surface area contributed by atoms with Crippen molar-refractivity contribution in [2.24, 2.45) is 5.92 Å².